The third-order valence-electron chi connectivity index (χ3n) is 7.25. The summed E-state index contributed by atoms with van der Waals surface area (Å²) in [5, 5.41) is 4.48. The van der Waals surface area contributed by atoms with Crippen LogP contribution in [0.1, 0.15) is 209 Å². The first-order valence-electron chi connectivity index (χ1n) is 24.4. The van der Waals surface area contributed by atoms with Gasteiger partial charge in [-0.25, -0.2) is 0 Å². The van der Waals surface area contributed by atoms with Crippen molar-refractivity contribution < 1.29 is 0 Å². The van der Waals surface area contributed by atoms with Gasteiger partial charge in [-0.05, 0) is 88.0 Å². The lowest BCUT2D eigenvalue weighted by Gasteiger charge is -2.24. The van der Waals surface area contributed by atoms with Crippen LogP contribution < -0.4 is 5.32 Å². The molecule has 360 valence electrons. The largest absolute Gasteiger partial charge is 0.361 e. The summed E-state index contributed by atoms with van der Waals surface area (Å²) in [6.07, 6.45) is 10.4. The molecule has 2 heterocycles. The second-order valence-corrected chi connectivity index (χ2v) is 21.2. The molecule has 0 amide bonds. The molecule has 1 fully saturated rings. The van der Waals surface area contributed by atoms with Crippen molar-refractivity contribution in [1.29, 1.82) is 0 Å². The van der Waals surface area contributed by atoms with E-state index in [2.05, 4.69) is 230 Å². The van der Waals surface area contributed by atoms with Crippen molar-refractivity contribution in [2.24, 2.45) is 47.3 Å². The Morgan fingerprint density at radius 3 is 1.21 bits per heavy atom. The van der Waals surface area contributed by atoms with Gasteiger partial charge in [0.1, 0.15) is 0 Å². The van der Waals surface area contributed by atoms with E-state index in [1.807, 2.05) is 30.5 Å². The van der Waals surface area contributed by atoms with Crippen LogP contribution in [0, 0.1) is 47.3 Å². The zero-order chi connectivity index (χ0) is 47.9. The van der Waals surface area contributed by atoms with Gasteiger partial charge >= 0.3 is 0 Å². The van der Waals surface area contributed by atoms with Crippen molar-refractivity contribution in [2.75, 3.05) is 5.32 Å². The van der Waals surface area contributed by atoms with Crippen LogP contribution in [-0.4, -0.2) is 4.98 Å². The Kier molecular flexibility index (Phi) is 48.5. The highest BCUT2D eigenvalue weighted by molar-refractivity contribution is 5.78. The number of H-pyrrole nitrogens is 1. The summed E-state index contributed by atoms with van der Waals surface area (Å²) in [7, 11) is 0. The van der Waals surface area contributed by atoms with Crippen molar-refractivity contribution in [3.8, 4) is 0 Å². The summed E-state index contributed by atoms with van der Waals surface area (Å²) < 4.78 is 0. The fraction of sp³-hybridized carbons (Fsp3) is 0.633. The molecule has 0 radical (unpaired) electrons. The molecule has 4 aromatic rings. The second-order valence-electron chi connectivity index (χ2n) is 21.2. The Balaban J connectivity index is -0.000000200. The molecule has 1 saturated carbocycles. The van der Waals surface area contributed by atoms with Crippen LogP contribution >= 0.6 is 0 Å². The van der Waals surface area contributed by atoms with E-state index in [0.29, 0.717) is 5.92 Å². The lowest BCUT2D eigenvalue weighted by atomic mass is 9.82. The normalized spacial score (nSPS) is 12.1. The topological polar surface area (TPSA) is 27.8 Å². The van der Waals surface area contributed by atoms with Crippen molar-refractivity contribution >= 4 is 16.6 Å². The molecule has 0 unspecified atom stereocenters. The fourth-order valence-electron chi connectivity index (χ4n) is 4.89. The fourth-order valence-corrected chi connectivity index (χ4v) is 4.89. The van der Waals surface area contributed by atoms with Crippen molar-refractivity contribution in [3.05, 3.63) is 115 Å². The third kappa shape index (κ3) is 54.8. The van der Waals surface area contributed by atoms with Gasteiger partial charge in [0.25, 0.3) is 0 Å². The molecular weight excluding hydrogens is 749 g/mol. The molecule has 3 aromatic carbocycles. The standard InChI is InChI=1S/C9H9N.C9H18.C9H12.C8H7N.6C4H10.CH4/c1-7-6-8-4-2-3-5-9(8)10-7;2*1-8(2)9-6-4-3-5-7-9;1-2-4-8-7(3-1)5-6-9-8;6*1-4(2)3;/h2-5,10H,1,6H2;8-9H,3-7H2,1-2H3;3-8H,1-2H3;1-6,9H;6*4H,1-3H3;1H4. The van der Waals surface area contributed by atoms with Crippen LogP contribution in [0.2, 0.25) is 0 Å². The van der Waals surface area contributed by atoms with Gasteiger partial charge in [0.05, 0.1) is 0 Å². The molecule has 0 saturated heterocycles. The molecule has 0 spiro atoms. The smallest absolute Gasteiger partial charge is 0.0453 e. The van der Waals surface area contributed by atoms with Gasteiger partial charge in [0.15, 0.2) is 0 Å². The van der Waals surface area contributed by atoms with Crippen LogP contribution in [0.5, 0.6) is 0 Å². The van der Waals surface area contributed by atoms with Gasteiger partial charge in [-0.15, -0.1) is 0 Å². The monoisotopic (exact) mass is 859 g/mol. The van der Waals surface area contributed by atoms with Gasteiger partial charge in [-0.3, -0.25) is 0 Å². The molecule has 2 heteroatoms. The van der Waals surface area contributed by atoms with Crippen molar-refractivity contribution in [3.63, 3.8) is 0 Å². The number of aromatic amines is 1. The summed E-state index contributed by atoms with van der Waals surface area (Å²) >= 11 is 0. The lowest BCUT2D eigenvalue weighted by Crippen LogP contribution is -2.12. The number of nitrogens with one attached hydrogen (secondary N) is 2. The SMILES string of the molecule is C.C=C1Cc2ccccc2N1.CC(C)C.CC(C)C.CC(C)C.CC(C)C.CC(C)C.CC(C)C.CC(C)C1CCCCC1.CC(C)c1ccccc1.c1ccc2[nH]ccc2c1. The van der Waals surface area contributed by atoms with Gasteiger partial charge in [0.2, 0.25) is 0 Å². The Morgan fingerprint density at radius 2 is 0.855 bits per heavy atom. The van der Waals surface area contributed by atoms with Crippen molar-refractivity contribution in [2.45, 2.75) is 204 Å². The maximum absolute atomic E-state index is 3.86. The predicted molar refractivity (Wildman–Crippen MR) is 293 cm³/mol. The average Bonchev–Trinajstić information content (AvgIpc) is 3.78. The van der Waals surface area contributed by atoms with E-state index in [-0.39, 0.29) is 7.43 Å². The van der Waals surface area contributed by atoms with Crippen LogP contribution in [0.15, 0.2) is 103 Å². The lowest BCUT2D eigenvalue weighted by molar-refractivity contribution is 0.279. The maximum atomic E-state index is 3.86. The number of fused-ring (bicyclic) bond motifs is 2. The van der Waals surface area contributed by atoms with Crippen LogP contribution in [-0.2, 0) is 6.42 Å². The first-order chi connectivity index (χ1) is 28.3. The molecule has 1 aliphatic carbocycles. The summed E-state index contributed by atoms with van der Waals surface area (Å²) in [6.45, 7) is 52.0. The van der Waals surface area contributed by atoms with Gasteiger partial charge in [-0.2, -0.15) is 0 Å². The predicted octanol–water partition coefficient (Wildman–Crippen LogP) is 21.0. The van der Waals surface area contributed by atoms with E-state index >= 15 is 0 Å². The average molecular weight is 860 g/mol. The van der Waals surface area contributed by atoms with E-state index in [1.54, 1.807) is 0 Å². The van der Waals surface area contributed by atoms with Crippen molar-refractivity contribution in [1.82, 2.24) is 4.98 Å². The summed E-state index contributed by atoms with van der Waals surface area (Å²) in [6, 6.07) is 29.1. The minimum atomic E-state index is 0. The van der Waals surface area contributed by atoms with E-state index in [0.717, 1.165) is 59.5 Å². The molecule has 2 N–H and O–H groups in total. The summed E-state index contributed by atoms with van der Waals surface area (Å²) in [5.74, 6) is 7.65. The van der Waals surface area contributed by atoms with Crippen LogP contribution in [0.25, 0.3) is 10.9 Å². The van der Waals surface area contributed by atoms with Gasteiger partial charge in [-0.1, -0.05) is 265 Å². The number of aromatic nitrogens is 1. The number of benzene rings is 3. The molecule has 6 rings (SSSR count). The third-order valence-corrected chi connectivity index (χ3v) is 7.25. The molecule has 62 heavy (non-hydrogen) atoms. The summed E-state index contributed by atoms with van der Waals surface area (Å²) in [5.41, 5.74) is 6.29. The number of rotatable bonds is 2. The highest BCUT2D eigenvalue weighted by Crippen LogP contribution is 2.29. The van der Waals surface area contributed by atoms with E-state index < -0.39 is 0 Å². The Morgan fingerprint density at radius 1 is 0.468 bits per heavy atom. The Labute approximate surface area is 391 Å². The Hall–Kier alpha value is -3.26. The zero-order valence-electron chi connectivity index (χ0n) is 44.8. The number of hydrogen-bond donors (Lipinski definition) is 2. The molecule has 2 nitrogen and oxygen atoms in total. The molecule has 1 aliphatic heterocycles. The molecule has 1 aromatic heterocycles. The Bertz CT molecular complexity index is 1340. The highest BCUT2D eigenvalue weighted by Gasteiger charge is 2.15. The zero-order valence-corrected chi connectivity index (χ0v) is 44.8. The van der Waals surface area contributed by atoms with E-state index in [4.69, 9.17) is 0 Å². The maximum Gasteiger partial charge on any atom is 0.0453 e. The minimum absolute atomic E-state index is 0. The summed E-state index contributed by atoms with van der Waals surface area (Å²) in [4.78, 5) is 3.12. The van der Waals surface area contributed by atoms with Crippen LogP contribution in [0.3, 0.4) is 0 Å². The van der Waals surface area contributed by atoms with E-state index in [9.17, 15) is 0 Å². The molecule has 0 bridgehead atoms. The number of anilines is 1. The molecular formula is C60H110N2. The highest BCUT2D eigenvalue weighted by atomic mass is 14.9. The number of para-hydroxylation sites is 2. The first-order valence-corrected chi connectivity index (χ1v) is 24.4. The second kappa shape index (κ2) is 44.4. The van der Waals surface area contributed by atoms with Crippen LogP contribution in [0.4, 0.5) is 5.69 Å². The molecule has 0 atom stereocenters. The molecule has 2 aliphatic rings. The minimum Gasteiger partial charge on any atom is -0.361 e. The van der Waals surface area contributed by atoms with Gasteiger partial charge in [0, 0.05) is 29.5 Å². The number of allylic oxidation sites excluding steroid dienone is 1. The number of hydrogen-bond acceptors (Lipinski definition) is 1. The van der Waals surface area contributed by atoms with Gasteiger partial charge < -0.3 is 10.3 Å². The quantitative estimate of drug-likeness (QED) is 0.206. The first kappa shape index (κ1) is 67.8. The van der Waals surface area contributed by atoms with E-state index in [1.165, 1.54) is 59.8 Å².